The smallest absolute Gasteiger partial charge is 0.0488 e. The first-order valence-corrected chi connectivity index (χ1v) is 7.85. The first kappa shape index (κ1) is 17.2. The van der Waals surface area contributed by atoms with Gasteiger partial charge in [0.15, 0.2) is 0 Å². The molecule has 0 aliphatic carbocycles. The fraction of sp³-hybridized carbons (Fsp3) is 0.667. The summed E-state index contributed by atoms with van der Waals surface area (Å²) in [4.78, 5) is 0. The van der Waals surface area contributed by atoms with Gasteiger partial charge in [0, 0.05) is 19.8 Å². The molecule has 0 aliphatic rings. The molecule has 2 unspecified atom stereocenters. The van der Waals surface area contributed by atoms with Crippen LogP contribution in [0.5, 0.6) is 0 Å². The van der Waals surface area contributed by atoms with Crippen molar-refractivity contribution in [2.75, 3.05) is 20.3 Å². The molecule has 20 heavy (non-hydrogen) atoms. The number of rotatable bonds is 9. The van der Waals surface area contributed by atoms with E-state index in [1.54, 1.807) is 7.11 Å². The summed E-state index contributed by atoms with van der Waals surface area (Å²) in [6.07, 6.45) is 3.46. The Balaban J connectivity index is 2.64. The highest BCUT2D eigenvalue weighted by molar-refractivity contribution is 5.30. The second-order valence-corrected chi connectivity index (χ2v) is 6.07. The Morgan fingerprint density at radius 3 is 2.55 bits per heavy atom. The fourth-order valence-corrected chi connectivity index (χ4v) is 2.64. The third-order valence-corrected chi connectivity index (χ3v) is 3.87. The van der Waals surface area contributed by atoms with Crippen LogP contribution in [0.25, 0.3) is 0 Å². The van der Waals surface area contributed by atoms with E-state index in [2.05, 4.69) is 51.2 Å². The Labute approximate surface area is 124 Å². The van der Waals surface area contributed by atoms with Crippen LogP contribution in [0, 0.1) is 19.8 Å². The van der Waals surface area contributed by atoms with Crippen LogP contribution in [0.4, 0.5) is 0 Å². The summed E-state index contributed by atoms with van der Waals surface area (Å²) in [5.41, 5.74) is 4.20. The molecule has 0 spiro atoms. The number of ether oxygens (including phenoxy) is 1. The van der Waals surface area contributed by atoms with Crippen LogP contribution in [-0.2, 0) is 11.2 Å². The number of nitrogens with one attached hydrogen (secondary N) is 1. The SMILES string of the molecule is CCCNC(Cc1ccc(C)c(C)c1)CC(C)COC. The van der Waals surface area contributed by atoms with Gasteiger partial charge in [0.2, 0.25) is 0 Å². The number of hydrogen-bond acceptors (Lipinski definition) is 2. The molecule has 0 aromatic heterocycles. The largest absolute Gasteiger partial charge is 0.384 e. The number of methoxy groups -OCH3 is 1. The third kappa shape index (κ3) is 6.06. The van der Waals surface area contributed by atoms with Crippen molar-refractivity contribution in [1.82, 2.24) is 5.32 Å². The van der Waals surface area contributed by atoms with Crippen molar-refractivity contribution in [3.63, 3.8) is 0 Å². The standard InChI is InChI=1S/C18H31NO/c1-6-9-19-18(10-14(2)13-20-5)12-17-8-7-15(3)16(4)11-17/h7-8,11,14,18-19H,6,9-10,12-13H2,1-5H3. The molecule has 1 aromatic carbocycles. The molecule has 1 rings (SSSR count). The van der Waals surface area contributed by atoms with Gasteiger partial charge in [-0.25, -0.2) is 0 Å². The third-order valence-electron chi connectivity index (χ3n) is 3.87. The normalized spacial score (nSPS) is 14.2. The molecule has 114 valence electrons. The van der Waals surface area contributed by atoms with E-state index in [0.717, 1.165) is 19.6 Å². The lowest BCUT2D eigenvalue weighted by atomic mass is 9.95. The van der Waals surface area contributed by atoms with Gasteiger partial charge < -0.3 is 10.1 Å². The second kappa shape index (κ2) is 9.15. The van der Waals surface area contributed by atoms with Gasteiger partial charge in [-0.15, -0.1) is 0 Å². The van der Waals surface area contributed by atoms with E-state index in [4.69, 9.17) is 4.74 Å². The summed E-state index contributed by atoms with van der Waals surface area (Å²) >= 11 is 0. The first-order valence-electron chi connectivity index (χ1n) is 7.85. The van der Waals surface area contributed by atoms with Crippen LogP contribution in [0.1, 0.15) is 43.4 Å². The Hall–Kier alpha value is -0.860. The molecular formula is C18H31NO. The molecule has 2 atom stereocenters. The molecule has 2 nitrogen and oxygen atoms in total. The van der Waals surface area contributed by atoms with Gasteiger partial charge in [0.25, 0.3) is 0 Å². The topological polar surface area (TPSA) is 21.3 Å². The number of benzene rings is 1. The molecule has 1 N–H and O–H groups in total. The summed E-state index contributed by atoms with van der Waals surface area (Å²) in [5, 5.41) is 3.69. The highest BCUT2D eigenvalue weighted by Crippen LogP contribution is 2.15. The summed E-state index contributed by atoms with van der Waals surface area (Å²) in [7, 11) is 1.79. The quantitative estimate of drug-likeness (QED) is 0.739. The highest BCUT2D eigenvalue weighted by atomic mass is 16.5. The number of hydrogen-bond donors (Lipinski definition) is 1. The minimum atomic E-state index is 0.544. The summed E-state index contributed by atoms with van der Waals surface area (Å²) in [6, 6.07) is 7.38. The summed E-state index contributed by atoms with van der Waals surface area (Å²) < 4.78 is 5.27. The van der Waals surface area contributed by atoms with Gasteiger partial charge in [0.05, 0.1) is 0 Å². The van der Waals surface area contributed by atoms with Crippen LogP contribution in [0.15, 0.2) is 18.2 Å². The van der Waals surface area contributed by atoms with E-state index >= 15 is 0 Å². The van der Waals surface area contributed by atoms with Crippen molar-refractivity contribution < 1.29 is 4.74 Å². The molecule has 0 amide bonds. The lowest BCUT2D eigenvalue weighted by Crippen LogP contribution is -2.34. The van der Waals surface area contributed by atoms with Crippen molar-refractivity contribution in [2.45, 2.75) is 53.0 Å². The van der Waals surface area contributed by atoms with Crippen molar-refractivity contribution >= 4 is 0 Å². The van der Waals surface area contributed by atoms with Crippen molar-refractivity contribution in [3.05, 3.63) is 34.9 Å². The zero-order chi connectivity index (χ0) is 15.0. The lowest BCUT2D eigenvalue weighted by molar-refractivity contribution is 0.149. The van der Waals surface area contributed by atoms with Crippen molar-refractivity contribution in [1.29, 1.82) is 0 Å². The van der Waals surface area contributed by atoms with Gasteiger partial charge in [-0.1, -0.05) is 32.0 Å². The monoisotopic (exact) mass is 277 g/mol. The van der Waals surface area contributed by atoms with Crippen LogP contribution in [0.3, 0.4) is 0 Å². The second-order valence-electron chi connectivity index (χ2n) is 6.07. The average molecular weight is 277 g/mol. The van der Waals surface area contributed by atoms with Crippen molar-refractivity contribution in [2.24, 2.45) is 5.92 Å². The Kier molecular flexibility index (Phi) is 7.86. The maximum atomic E-state index is 5.27. The van der Waals surface area contributed by atoms with E-state index in [-0.39, 0.29) is 0 Å². The van der Waals surface area contributed by atoms with Crippen LogP contribution in [-0.4, -0.2) is 26.3 Å². The van der Waals surface area contributed by atoms with Gasteiger partial charge in [-0.05, 0) is 62.3 Å². The van der Waals surface area contributed by atoms with Crippen LogP contribution in [0.2, 0.25) is 0 Å². The molecule has 2 heteroatoms. The minimum absolute atomic E-state index is 0.544. The van der Waals surface area contributed by atoms with E-state index in [1.165, 1.54) is 29.5 Å². The molecular weight excluding hydrogens is 246 g/mol. The molecule has 0 saturated carbocycles. The minimum Gasteiger partial charge on any atom is -0.384 e. The number of aryl methyl sites for hydroxylation is 2. The first-order chi connectivity index (χ1) is 9.56. The summed E-state index contributed by atoms with van der Waals surface area (Å²) in [6.45, 7) is 10.8. The maximum Gasteiger partial charge on any atom is 0.0488 e. The van der Waals surface area contributed by atoms with Crippen LogP contribution >= 0.6 is 0 Å². The molecule has 0 aliphatic heterocycles. The van der Waals surface area contributed by atoms with E-state index < -0.39 is 0 Å². The Morgan fingerprint density at radius 1 is 1.20 bits per heavy atom. The molecule has 0 heterocycles. The summed E-state index contributed by atoms with van der Waals surface area (Å²) in [5.74, 6) is 0.598. The van der Waals surface area contributed by atoms with E-state index in [1.807, 2.05) is 0 Å². The van der Waals surface area contributed by atoms with Crippen LogP contribution < -0.4 is 5.32 Å². The molecule has 0 fully saturated rings. The zero-order valence-corrected chi connectivity index (χ0v) is 13.8. The average Bonchev–Trinajstić information content (AvgIpc) is 2.40. The molecule has 0 bridgehead atoms. The molecule has 1 aromatic rings. The van der Waals surface area contributed by atoms with Gasteiger partial charge in [-0.3, -0.25) is 0 Å². The lowest BCUT2D eigenvalue weighted by Gasteiger charge is -2.22. The molecule has 0 saturated heterocycles. The van der Waals surface area contributed by atoms with E-state index in [0.29, 0.717) is 12.0 Å². The van der Waals surface area contributed by atoms with E-state index in [9.17, 15) is 0 Å². The predicted molar refractivity (Wildman–Crippen MR) is 87.4 cm³/mol. The zero-order valence-electron chi connectivity index (χ0n) is 13.8. The van der Waals surface area contributed by atoms with Crippen molar-refractivity contribution in [3.8, 4) is 0 Å². The Bertz CT molecular complexity index is 389. The Morgan fingerprint density at radius 2 is 1.95 bits per heavy atom. The fourth-order valence-electron chi connectivity index (χ4n) is 2.64. The maximum absolute atomic E-state index is 5.27. The van der Waals surface area contributed by atoms with Gasteiger partial charge in [0.1, 0.15) is 0 Å². The van der Waals surface area contributed by atoms with Gasteiger partial charge >= 0.3 is 0 Å². The highest BCUT2D eigenvalue weighted by Gasteiger charge is 2.13. The predicted octanol–water partition coefficient (Wildman–Crippen LogP) is 3.89. The van der Waals surface area contributed by atoms with Gasteiger partial charge in [-0.2, -0.15) is 0 Å². The molecule has 0 radical (unpaired) electrons.